The van der Waals surface area contributed by atoms with Gasteiger partial charge in [-0.15, -0.1) is 0 Å². The summed E-state index contributed by atoms with van der Waals surface area (Å²) in [6, 6.07) is 18.1. The number of nitrogens with zero attached hydrogens (tertiary/aromatic N) is 1. The van der Waals surface area contributed by atoms with E-state index >= 15 is 0 Å². The van der Waals surface area contributed by atoms with Crippen LogP contribution in [0.2, 0.25) is 0 Å². The summed E-state index contributed by atoms with van der Waals surface area (Å²) in [6.45, 7) is 3.81. The van der Waals surface area contributed by atoms with Gasteiger partial charge in [0.25, 0.3) is 0 Å². The molecule has 5 rings (SSSR count). The van der Waals surface area contributed by atoms with Crippen LogP contribution in [0.15, 0.2) is 75.9 Å². The van der Waals surface area contributed by atoms with Crippen LogP contribution in [0.3, 0.4) is 0 Å². The molecular weight excluding hydrogens is 461 g/mol. The monoisotopic (exact) mass is 489 g/mol. The fraction of sp³-hybridized carbons (Fsp3) is 0.276. The molecule has 1 aliphatic rings. The minimum absolute atomic E-state index is 0.217. The van der Waals surface area contributed by atoms with Gasteiger partial charge in [0.15, 0.2) is 5.75 Å². The summed E-state index contributed by atoms with van der Waals surface area (Å²) < 4.78 is 36.6. The van der Waals surface area contributed by atoms with Crippen LogP contribution in [0.1, 0.15) is 19.3 Å². The van der Waals surface area contributed by atoms with E-state index in [0.717, 1.165) is 25.4 Å². The standard InChI is InChI=1S/C29H28FNO5/c1-33-24-13-14-25-26(19-24)36-29(32)27(20-5-7-21(30)8-6-20)28(25)35-23-11-9-22(10-12-23)34-18-17-31-15-3-2-4-16-31/h5-14,19H,2-4,15-18H2,1H3. The molecule has 1 aromatic heterocycles. The number of piperidine rings is 1. The van der Waals surface area contributed by atoms with E-state index in [4.69, 9.17) is 18.6 Å². The van der Waals surface area contributed by atoms with Crippen molar-refractivity contribution in [1.82, 2.24) is 4.90 Å². The number of fused-ring (bicyclic) bond motifs is 1. The zero-order valence-corrected chi connectivity index (χ0v) is 20.2. The van der Waals surface area contributed by atoms with E-state index in [2.05, 4.69) is 4.90 Å². The summed E-state index contributed by atoms with van der Waals surface area (Å²) in [5.41, 5.74) is 0.456. The second kappa shape index (κ2) is 10.8. The maximum absolute atomic E-state index is 13.6. The lowest BCUT2D eigenvalue weighted by Gasteiger charge is -2.26. The van der Waals surface area contributed by atoms with E-state index in [1.165, 1.54) is 43.5 Å². The first-order valence-electron chi connectivity index (χ1n) is 12.1. The lowest BCUT2D eigenvalue weighted by Crippen LogP contribution is -2.33. The summed E-state index contributed by atoms with van der Waals surface area (Å²) in [5, 5.41) is 0.594. The van der Waals surface area contributed by atoms with Gasteiger partial charge in [-0.05, 0) is 80.0 Å². The maximum Gasteiger partial charge on any atom is 0.348 e. The molecule has 0 aliphatic carbocycles. The summed E-state index contributed by atoms with van der Waals surface area (Å²) in [5.74, 6) is 1.77. The van der Waals surface area contributed by atoms with Crippen molar-refractivity contribution in [3.8, 4) is 34.1 Å². The minimum Gasteiger partial charge on any atom is -0.497 e. The Labute approximate surface area is 208 Å². The van der Waals surface area contributed by atoms with E-state index in [1.54, 1.807) is 37.4 Å². The van der Waals surface area contributed by atoms with Crippen molar-refractivity contribution in [2.24, 2.45) is 0 Å². The molecule has 4 aromatic rings. The Balaban J connectivity index is 1.42. The Morgan fingerprint density at radius 3 is 2.31 bits per heavy atom. The molecule has 6 nitrogen and oxygen atoms in total. The minimum atomic E-state index is -0.588. The number of rotatable bonds is 8. The fourth-order valence-corrected chi connectivity index (χ4v) is 4.45. The molecule has 3 aromatic carbocycles. The van der Waals surface area contributed by atoms with Gasteiger partial charge in [0, 0.05) is 12.6 Å². The SMILES string of the molecule is COc1ccc2c(Oc3ccc(OCCN4CCCCC4)cc3)c(-c3ccc(F)cc3)c(=O)oc2c1. The zero-order chi connectivity index (χ0) is 24.9. The molecule has 0 atom stereocenters. The Hall–Kier alpha value is -3.84. The first kappa shape index (κ1) is 23.9. The van der Waals surface area contributed by atoms with Crippen LogP contribution in [0.25, 0.3) is 22.1 Å². The summed E-state index contributed by atoms with van der Waals surface area (Å²) in [4.78, 5) is 15.5. The lowest BCUT2D eigenvalue weighted by atomic mass is 10.0. The third-order valence-corrected chi connectivity index (χ3v) is 6.37. The highest BCUT2D eigenvalue weighted by Gasteiger charge is 2.20. The van der Waals surface area contributed by atoms with Crippen LogP contribution < -0.4 is 19.8 Å². The molecule has 1 saturated heterocycles. The molecule has 1 aliphatic heterocycles. The number of ether oxygens (including phenoxy) is 3. The molecule has 186 valence electrons. The first-order valence-corrected chi connectivity index (χ1v) is 12.1. The number of likely N-dealkylation sites (tertiary alicyclic amines) is 1. The molecule has 0 spiro atoms. The average molecular weight is 490 g/mol. The lowest BCUT2D eigenvalue weighted by molar-refractivity contribution is 0.183. The highest BCUT2D eigenvalue weighted by Crippen LogP contribution is 2.38. The summed E-state index contributed by atoms with van der Waals surface area (Å²) in [7, 11) is 1.54. The third-order valence-electron chi connectivity index (χ3n) is 6.37. The molecule has 1 fully saturated rings. The molecule has 0 radical (unpaired) electrons. The van der Waals surface area contributed by atoms with Crippen LogP contribution in [0, 0.1) is 5.82 Å². The molecule has 0 N–H and O–H groups in total. The van der Waals surface area contributed by atoms with Crippen molar-refractivity contribution in [3.05, 3.63) is 83.0 Å². The van der Waals surface area contributed by atoms with Crippen molar-refractivity contribution < 1.29 is 23.0 Å². The van der Waals surface area contributed by atoms with Gasteiger partial charge in [0.1, 0.15) is 40.8 Å². The topological polar surface area (TPSA) is 61.1 Å². The Bertz CT molecular complexity index is 1380. The van der Waals surface area contributed by atoms with E-state index in [9.17, 15) is 9.18 Å². The van der Waals surface area contributed by atoms with Crippen LogP contribution in [-0.2, 0) is 0 Å². The van der Waals surface area contributed by atoms with Gasteiger partial charge < -0.3 is 18.6 Å². The molecular formula is C29H28FNO5. The van der Waals surface area contributed by atoms with Gasteiger partial charge in [-0.25, -0.2) is 9.18 Å². The Morgan fingerprint density at radius 2 is 1.58 bits per heavy atom. The van der Waals surface area contributed by atoms with E-state index in [1.807, 2.05) is 12.1 Å². The van der Waals surface area contributed by atoms with Crippen molar-refractivity contribution in [2.75, 3.05) is 33.4 Å². The number of halogens is 1. The quantitative estimate of drug-likeness (QED) is 0.272. The van der Waals surface area contributed by atoms with Crippen LogP contribution in [0.4, 0.5) is 4.39 Å². The van der Waals surface area contributed by atoms with Crippen molar-refractivity contribution in [3.63, 3.8) is 0 Å². The van der Waals surface area contributed by atoms with Crippen LogP contribution in [-0.4, -0.2) is 38.3 Å². The number of methoxy groups -OCH3 is 1. The van der Waals surface area contributed by atoms with Gasteiger partial charge in [-0.3, -0.25) is 4.90 Å². The number of hydrogen-bond donors (Lipinski definition) is 0. The number of benzene rings is 3. The first-order chi connectivity index (χ1) is 17.6. The van der Waals surface area contributed by atoms with E-state index < -0.39 is 11.4 Å². The largest absolute Gasteiger partial charge is 0.497 e. The highest BCUT2D eigenvalue weighted by molar-refractivity contribution is 5.91. The normalized spacial score (nSPS) is 14.1. The second-order valence-electron chi connectivity index (χ2n) is 8.79. The van der Waals surface area contributed by atoms with Gasteiger partial charge in [0.2, 0.25) is 0 Å². The van der Waals surface area contributed by atoms with E-state index in [-0.39, 0.29) is 5.56 Å². The third kappa shape index (κ3) is 5.36. The molecule has 0 amide bonds. The molecule has 0 saturated carbocycles. The van der Waals surface area contributed by atoms with Crippen LogP contribution >= 0.6 is 0 Å². The molecule has 2 heterocycles. The van der Waals surface area contributed by atoms with Gasteiger partial charge in [-0.2, -0.15) is 0 Å². The van der Waals surface area contributed by atoms with Crippen molar-refractivity contribution in [1.29, 1.82) is 0 Å². The zero-order valence-electron chi connectivity index (χ0n) is 20.2. The van der Waals surface area contributed by atoms with Crippen LogP contribution in [0.5, 0.6) is 23.0 Å². The predicted octanol–water partition coefficient (Wildman–Crippen LogP) is 6.26. The fourth-order valence-electron chi connectivity index (χ4n) is 4.45. The maximum atomic E-state index is 13.6. The van der Waals surface area contributed by atoms with Gasteiger partial charge >= 0.3 is 5.63 Å². The molecule has 0 unspecified atom stereocenters. The Morgan fingerprint density at radius 1 is 0.889 bits per heavy atom. The van der Waals surface area contributed by atoms with Gasteiger partial charge in [-0.1, -0.05) is 18.6 Å². The second-order valence-corrected chi connectivity index (χ2v) is 8.79. The predicted molar refractivity (Wildman–Crippen MR) is 137 cm³/mol. The Kier molecular flexibility index (Phi) is 7.18. The smallest absolute Gasteiger partial charge is 0.348 e. The van der Waals surface area contributed by atoms with Crippen molar-refractivity contribution >= 4 is 11.0 Å². The molecule has 0 bridgehead atoms. The summed E-state index contributed by atoms with van der Waals surface area (Å²) >= 11 is 0. The van der Waals surface area contributed by atoms with Gasteiger partial charge in [0.05, 0.1) is 12.5 Å². The molecule has 7 heteroatoms. The highest BCUT2D eigenvalue weighted by atomic mass is 19.1. The summed E-state index contributed by atoms with van der Waals surface area (Å²) in [6.07, 6.45) is 3.82. The number of hydrogen-bond acceptors (Lipinski definition) is 6. The average Bonchev–Trinajstić information content (AvgIpc) is 2.91. The van der Waals surface area contributed by atoms with Crippen molar-refractivity contribution in [2.45, 2.75) is 19.3 Å². The van der Waals surface area contributed by atoms with E-state index in [0.29, 0.717) is 40.4 Å². The molecule has 36 heavy (non-hydrogen) atoms.